The van der Waals surface area contributed by atoms with Crippen LogP contribution in [-0.2, 0) is 14.3 Å². The van der Waals surface area contributed by atoms with Crippen LogP contribution in [0.5, 0.6) is 5.75 Å². The number of rotatable bonds is 9. The number of hydrogen-bond donors (Lipinski definition) is 2. The third-order valence-corrected chi connectivity index (χ3v) is 4.98. The van der Waals surface area contributed by atoms with Crippen LogP contribution in [0.15, 0.2) is 30.2 Å². The van der Waals surface area contributed by atoms with Gasteiger partial charge < -0.3 is 24.6 Å². The monoisotopic (exact) mass is 374 g/mol. The summed E-state index contributed by atoms with van der Waals surface area (Å²) >= 11 is 0. The SMILES string of the molecule is CCC1(CC)Oc2ccc(C#N)cc2C(NC/C(=C/OCC=O)OC)C1O. The minimum Gasteiger partial charge on any atom is -0.497 e. The summed E-state index contributed by atoms with van der Waals surface area (Å²) < 4.78 is 16.5. The first-order chi connectivity index (χ1) is 13.0. The number of methoxy groups -OCH3 is 1. The molecule has 0 aliphatic carbocycles. The number of nitrogens with zero attached hydrogens (tertiary/aromatic N) is 1. The van der Waals surface area contributed by atoms with Gasteiger partial charge in [0, 0.05) is 5.56 Å². The first kappa shape index (κ1) is 20.7. The standard InChI is InChI=1S/C20H26N2O5/c1-4-20(5-2)19(24)18(22-12-15(25-3)13-26-9-8-23)16-10-14(11-21)6-7-17(16)27-20/h6-8,10,13,18-19,22,24H,4-5,9,12H2,1-3H3/b15-13-. The van der Waals surface area contributed by atoms with E-state index in [9.17, 15) is 15.2 Å². The van der Waals surface area contributed by atoms with Crippen LogP contribution in [0, 0.1) is 11.3 Å². The zero-order chi connectivity index (χ0) is 19.9. The predicted molar refractivity (Wildman–Crippen MR) is 99.0 cm³/mol. The molecule has 2 rings (SSSR count). The van der Waals surface area contributed by atoms with Gasteiger partial charge in [-0.1, -0.05) is 13.8 Å². The first-order valence-corrected chi connectivity index (χ1v) is 8.98. The number of fused-ring (bicyclic) bond motifs is 1. The number of aliphatic hydroxyl groups is 1. The van der Waals surface area contributed by atoms with E-state index in [1.54, 1.807) is 18.2 Å². The highest BCUT2D eigenvalue weighted by atomic mass is 16.5. The Labute approximate surface area is 159 Å². The maximum atomic E-state index is 11.1. The second-order valence-electron chi connectivity index (χ2n) is 6.33. The minimum atomic E-state index is -0.817. The molecule has 1 aromatic rings. The maximum absolute atomic E-state index is 11.1. The molecule has 0 saturated carbocycles. The summed E-state index contributed by atoms with van der Waals surface area (Å²) in [4.78, 5) is 10.4. The Balaban J connectivity index is 2.33. The zero-order valence-corrected chi connectivity index (χ0v) is 15.9. The van der Waals surface area contributed by atoms with Gasteiger partial charge in [0.25, 0.3) is 0 Å². The molecule has 2 unspecified atom stereocenters. The molecule has 1 aromatic carbocycles. The van der Waals surface area contributed by atoms with E-state index in [1.165, 1.54) is 13.4 Å². The summed E-state index contributed by atoms with van der Waals surface area (Å²) in [7, 11) is 1.50. The van der Waals surface area contributed by atoms with Crippen molar-refractivity contribution in [3.8, 4) is 11.8 Å². The van der Waals surface area contributed by atoms with Crippen LogP contribution < -0.4 is 10.1 Å². The van der Waals surface area contributed by atoms with Crippen LogP contribution in [0.4, 0.5) is 0 Å². The summed E-state index contributed by atoms with van der Waals surface area (Å²) in [6, 6.07) is 6.87. The van der Waals surface area contributed by atoms with Gasteiger partial charge in [0.15, 0.2) is 6.29 Å². The molecule has 27 heavy (non-hydrogen) atoms. The molecule has 146 valence electrons. The van der Waals surface area contributed by atoms with Gasteiger partial charge in [-0.25, -0.2) is 0 Å². The first-order valence-electron chi connectivity index (χ1n) is 8.98. The lowest BCUT2D eigenvalue weighted by molar-refractivity contribution is -0.110. The fraction of sp³-hybridized carbons (Fsp3) is 0.500. The summed E-state index contributed by atoms with van der Waals surface area (Å²) in [6.07, 6.45) is 2.47. The maximum Gasteiger partial charge on any atom is 0.157 e. The molecule has 0 bridgehead atoms. The average Bonchev–Trinajstić information content (AvgIpc) is 2.71. The number of nitriles is 1. The Kier molecular flexibility index (Phi) is 7.22. The van der Waals surface area contributed by atoms with Crippen molar-refractivity contribution in [1.82, 2.24) is 5.32 Å². The van der Waals surface area contributed by atoms with E-state index < -0.39 is 17.7 Å². The van der Waals surface area contributed by atoms with Crippen LogP contribution in [-0.4, -0.2) is 43.4 Å². The number of nitrogens with one attached hydrogen (secondary N) is 1. The summed E-state index contributed by atoms with van der Waals surface area (Å²) in [6.45, 7) is 4.17. The van der Waals surface area contributed by atoms with Crippen LogP contribution in [0.3, 0.4) is 0 Å². The lowest BCUT2D eigenvalue weighted by atomic mass is 9.80. The van der Waals surface area contributed by atoms with E-state index in [0.29, 0.717) is 36.2 Å². The molecule has 0 radical (unpaired) electrons. The van der Waals surface area contributed by atoms with E-state index in [4.69, 9.17) is 14.2 Å². The van der Waals surface area contributed by atoms with Crippen LogP contribution >= 0.6 is 0 Å². The van der Waals surface area contributed by atoms with Crippen molar-refractivity contribution in [2.75, 3.05) is 20.3 Å². The Hall–Kier alpha value is -2.56. The topological polar surface area (TPSA) is 101 Å². The van der Waals surface area contributed by atoms with Crippen LogP contribution in [0.25, 0.3) is 0 Å². The third-order valence-electron chi connectivity index (χ3n) is 4.98. The highest BCUT2D eigenvalue weighted by molar-refractivity contribution is 5.50. The lowest BCUT2D eigenvalue weighted by Crippen LogP contribution is -2.55. The molecule has 1 aliphatic rings. The second kappa shape index (κ2) is 9.40. The quantitative estimate of drug-likeness (QED) is 0.388. The molecule has 0 saturated heterocycles. The smallest absolute Gasteiger partial charge is 0.157 e. The number of hydrogen-bond acceptors (Lipinski definition) is 7. The van der Waals surface area contributed by atoms with E-state index in [-0.39, 0.29) is 13.2 Å². The van der Waals surface area contributed by atoms with Gasteiger partial charge in [-0.2, -0.15) is 5.26 Å². The fourth-order valence-electron chi connectivity index (χ4n) is 3.29. The largest absolute Gasteiger partial charge is 0.497 e. The van der Waals surface area contributed by atoms with Crippen LogP contribution in [0.1, 0.15) is 43.9 Å². The van der Waals surface area contributed by atoms with Gasteiger partial charge in [0.05, 0.1) is 31.3 Å². The lowest BCUT2D eigenvalue weighted by Gasteiger charge is -2.46. The van der Waals surface area contributed by atoms with Gasteiger partial charge in [-0.05, 0) is 31.0 Å². The van der Waals surface area contributed by atoms with Crippen molar-refractivity contribution in [3.63, 3.8) is 0 Å². The number of benzene rings is 1. The predicted octanol–water partition coefficient (Wildman–Crippen LogP) is 2.20. The zero-order valence-electron chi connectivity index (χ0n) is 15.9. The van der Waals surface area contributed by atoms with Crippen molar-refractivity contribution in [2.24, 2.45) is 0 Å². The van der Waals surface area contributed by atoms with E-state index in [0.717, 1.165) is 5.56 Å². The number of aliphatic hydroxyl groups excluding tert-OH is 1. The second-order valence-corrected chi connectivity index (χ2v) is 6.33. The van der Waals surface area contributed by atoms with Crippen LogP contribution in [0.2, 0.25) is 0 Å². The third kappa shape index (κ3) is 4.41. The Morgan fingerprint density at radius 2 is 2.19 bits per heavy atom. The van der Waals surface area contributed by atoms with E-state index in [2.05, 4.69) is 11.4 Å². The van der Waals surface area contributed by atoms with Gasteiger partial charge >= 0.3 is 0 Å². The molecule has 0 spiro atoms. The number of aldehydes is 1. The van der Waals surface area contributed by atoms with E-state index >= 15 is 0 Å². The molecular formula is C20H26N2O5. The highest BCUT2D eigenvalue weighted by Crippen LogP contribution is 2.43. The normalized spacial score (nSPS) is 20.8. The molecular weight excluding hydrogens is 348 g/mol. The molecule has 0 amide bonds. The number of carbonyl (C=O) groups excluding carboxylic acids is 1. The summed E-state index contributed by atoms with van der Waals surface area (Å²) in [5.41, 5.74) is 0.501. The molecule has 7 heteroatoms. The Morgan fingerprint density at radius 3 is 2.78 bits per heavy atom. The number of ether oxygens (including phenoxy) is 3. The van der Waals surface area contributed by atoms with Gasteiger partial charge in [0.1, 0.15) is 36.1 Å². The van der Waals surface area contributed by atoms with Gasteiger partial charge in [0.2, 0.25) is 0 Å². The summed E-state index contributed by atoms with van der Waals surface area (Å²) in [5.74, 6) is 1.13. The summed E-state index contributed by atoms with van der Waals surface area (Å²) in [5, 5.41) is 23.6. The van der Waals surface area contributed by atoms with Gasteiger partial charge in [-0.15, -0.1) is 0 Å². The molecule has 1 heterocycles. The van der Waals surface area contributed by atoms with Crippen molar-refractivity contribution >= 4 is 6.29 Å². The molecule has 7 nitrogen and oxygen atoms in total. The fourth-order valence-corrected chi connectivity index (χ4v) is 3.29. The Bertz CT molecular complexity index is 722. The average molecular weight is 374 g/mol. The minimum absolute atomic E-state index is 0.0596. The molecule has 1 aliphatic heterocycles. The molecule has 0 fully saturated rings. The van der Waals surface area contributed by atoms with Crippen molar-refractivity contribution in [2.45, 2.75) is 44.4 Å². The molecule has 0 aromatic heterocycles. The van der Waals surface area contributed by atoms with Crippen molar-refractivity contribution in [1.29, 1.82) is 5.26 Å². The van der Waals surface area contributed by atoms with Crippen molar-refractivity contribution < 1.29 is 24.1 Å². The van der Waals surface area contributed by atoms with Crippen molar-refractivity contribution in [3.05, 3.63) is 41.3 Å². The van der Waals surface area contributed by atoms with Gasteiger partial charge in [-0.3, -0.25) is 4.79 Å². The van der Waals surface area contributed by atoms with E-state index in [1.807, 2.05) is 13.8 Å². The number of carbonyl (C=O) groups is 1. The molecule has 2 atom stereocenters. The molecule has 2 N–H and O–H groups in total. The highest BCUT2D eigenvalue weighted by Gasteiger charge is 2.47. The Morgan fingerprint density at radius 1 is 1.44 bits per heavy atom.